The van der Waals surface area contributed by atoms with Crippen LogP contribution in [0.5, 0.6) is 23.0 Å². The van der Waals surface area contributed by atoms with Crippen LogP contribution in [0, 0.1) is 42.4 Å². The number of aliphatic hydroxyl groups excluding tert-OH is 2. The fourth-order valence-electron chi connectivity index (χ4n) is 6.99. The first-order valence-corrected chi connectivity index (χ1v) is 20.7. The first-order chi connectivity index (χ1) is 30.5. The number of aliphatic carboxylic acids is 1. The van der Waals surface area contributed by atoms with Crippen molar-refractivity contribution in [2.45, 2.75) is 66.1 Å². The molecule has 12 nitrogen and oxygen atoms in total. The molecule has 322 valence electrons. The predicted molar refractivity (Wildman–Crippen MR) is 237 cm³/mol. The van der Waals surface area contributed by atoms with Crippen molar-refractivity contribution in [1.82, 2.24) is 9.97 Å². The van der Waals surface area contributed by atoms with Crippen LogP contribution in [-0.4, -0.2) is 37.9 Å². The van der Waals surface area contributed by atoms with E-state index in [9.17, 15) is 30.6 Å². The summed E-state index contributed by atoms with van der Waals surface area (Å²) in [5.74, 6) is -0.153. The summed E-state index contributed by atoms with van der Waals surface area (Å²) in [4.78, 5) is 20.0. The minimum absolute atomic E-state index is 0.0944. The van der Waals surface area contributed by atoms with Gasteiger partial charge in [-0.25, -0.2) is 0 Å². The van der Waals surface area contributed by atoms with Crippen LogP contribution in [0.15, 0.2) is 97.6 Å². The highest BCUT2D eigenvalue weighted by Gasteiger charge is 2.20. The highest BCUT2D eigenvalue weighted by atomic mass is 35.5. The van der Waals surface area contributed by atoms with Gasteiger partial charge in [-0.15, -0.1) is 0 Å². The number of aliphatic hydroxyl groups is 2. The number of rotatable bonds is 20. The lowest BCUT2D eigenvalue weighted by Gasteiger charge is -2.19. The summed E-state index contributed by atoms with van der Waals surface area (Å²) in [7, 11) is 0. The number of aryl methyl sites for hydroxylation is 1. The lowest BCUT2D eigenvalue weighted by Crippen LogP contribution is -2.16. The number of aromatic nitrogens is 2. The number of hydrogen-bond acceptors (Lipinski definition) is 11. The molecule has 6 aromatic rings. The van der Waals surface area contributed by atoms with E-state index < -0.39 is 11.9 Å². The third-order valence-corrected chi connectivity index (χ3v) is 11.2. The number of benzene rings is 4. The maximum absolute atomic E-state index is 11.8. The second kappa shape index (κ2) is 21.9. The first-order valence-electron chi connectivity index (χ1n) is 20.0. The van der Waals surface area contributed by atoms with Gasteiger partial charge in [-0.2, -0.15) is 10.5 Å². The molecule has 2 heterocycles. The summed E-state index contributed by atoms with van der Waals surface area (Å²) in [5, 5.41) is 48.3. The van der Waals surface area contributed by atoms with Crippen molar-refractivity contribution >= 4 is 29.2 Å². The minimum atomic E-state index is -0.990. The summed E-state index contributed by atoms with van der Waals surface area (Å²) in [6, 6.07) is 26.2. The van der Waals surface area contributed by atoms with E-state index in [0.717, 1.165) is 33.4 Å². The Morgan fingerprint density at radius 1 is 0.635 bits per heavy atom. The maximum atomic E-state index is 11.8. The quantitative estimate of drug-likeness (QED) is 0.0660. The number of pyridine rings is 2. The number of hydrogen-bond donors (Lipinski definition) is 3. The Bertz CT molecular complexity index is 2680. The molecule has 0 unspecified atom stereocenters. The number of carboxylic acids is 1. The zero-order chi connectivity index (χ0) is 44.9. The molecule has 1 atom stereocenters. The molecule has 0 spiro atoms. The Hall–Kier alpha value is -6.67. The maximum Gasteiger partial charge on any atom is 0.306 e. The molecule has 0 saturated carbocycles. The third-order valence-electron chi connectivity index (χ3n) is 10.6. The van der Waals surface area contributed by atoms with Gasteiger partial charge in [0.1, 0.15) is 61.6 Å². The topological polar surface area (TPSA) is 188 Å². The van der Waals surface area contributed by atoms with Crippen molar-refractivity contribution in [2.24, 2.45) is 5.92 Å². The molecule has 0 aliphatic rings. The van der Waals surface area contributed by atoms with Crippen molar-refractivity contribution in [3.8, 4) is 46.3 Å². The molecule has 0 aliphatic heterocycles. The van der Waals surface area contributed by atoms with E-state index in [1.165, 1.54) is 12.4 Å². The number of halogens is 2. The molecule has 0 radical (unpaired) electrons. The van der Waals surface area contributed by atoms with Gasteiger partial charge in [0, 0.05) is 60.2 Å². The fraction of sp³-hybridized carbons (Fsp3) is 0.245. The van der Waals surface area contributed by atoms with Crippen molar-refractivity contribution in [3.05, 3.63) is 163 Å². The molecule has 0 aliphatic carbocycles. The van der Waals surface area contributed by atoms with Crippen molar-refractivity contribution in [3.63, 3.8) is 0 Å². The number of ether oxygens (including phenoxy) is 4. The van der Waals surface area contributed by atoms with Crippen LogP contribution in [0.2, 0.25) is 10.0 Å². The Morgan fingerprint density at radius 3 is 1.57 bits per heavy atom. The van der Waals surface area contributed by atoms with Gasteiger partial charge in [0.05, 0.1) is 33.7 Å². The van der Waals surface area contributed by atoms with Gasteiger partial charge < -0.3 is 34.3 Å². The lowest BCUT2D eigenvalue weighted by molar-refractivity contribution is -0.142. The van der Waals surface area contributed by atoms with E-state index in [1.54, 1.807) is 48.8 Å². The van der Waals surface area contributed by atoms with Crippen molar-refractivity contribution < 1.29 is 39.1 Å². The average Bonchev–Trinajstić information content (AvgIpc) is 3.29. The van der Waals surface area contributed by atoms with Gasteiger partial charge in [0.25, 0.3) is 0 Å². The van der Waals surface area contributed by atoms with Gasteiger partial charge in [-0.05, 0) is 96.3 Å². The molecule has 14 heteroatoms. The monoisotopic (exact) mass is 886 g/mol. The molecule has 63 heavy (non-hydrogen) atoms. The van der Waals surface area contributed by atoms with E-state index >= 15 is 0 Å². The van der Waals surface area contributed by atoms with Crippen LogP contribution in [0.3, 0.4) is 0 Å². The summed E-state index contributed by atoms with van der Waals surface area (Å²) >= 11 is 13.4. The Labute approximate surface area is 375 Å². The molecular formula is C49H44Cl2N4O8. The van der Waals surface area contributed by atoms with E-state index in [4.69, 9.17) is 42.1 Å². The lowest BCUT2D eigenvalue weighted by atomic mass is 9.92. The summed E-state index contributed by atoms with van der Waals surface area (Å²) in [5.41, 5.74) is 9.19. The van der Waals surface area contributed by atoms with Gasteiger partial charge >= 0.3 is 5.97 Å². The highest BCUT2D eigenvalue weighted by Crippen LogP contribution is 2.38. The van der Waals surface area contributed by atoms with E-state index in [-0.39, 0.29) is 52.5 Å². The van der Waals surface area contributed by atoms with Gasteiger partial charge in [-0.1, -0.05) is 59.6 Å². The standard InChI is InChI=1S/C49H44Cl2N4O8/c1-30-38(28-62-47-17-45(60-26-34-13-32(19-52)21-54-23-34)37(15-43(47)50)10-9-36(11-12-56)49(58)59)5-3-7-41(30)42-8-4-6-39(31(42)2)29-63-48-18-46(40(25-57)16-44(48)51)61-27-35-14-33(20-53)22-55-24-35/h3-8,13-18,21-24,36,56-57H,9-12,25-29H2,1-2H3,(H,58,59)/t36-/m0/s1. The molecule has 4 aromatic carbocycles. The largest absolute Gasteiger partial charge is 0.488 e. The second-order valence-corrected chi connectivity index (χ2v) is 15.6. The zero-order valence-corrected chi connectivity index (χ0v) is 36.1. The average molecular weight is 888 g/mol. The summed E-state index contributed by atoms with van der Waals surface area (Å²) in [6.45, 7) is 4.11. The molecule has 0 amide bonds. The molecule has 0 fully saturated rings. The Kier molecular flexibility index (Phi) is 15.9. The Morgan fingerprint density at radius 2 is 1.11 bits per heavy atom. The van der Waals surface area contributed by atoms with Crippen LogP contribution >= 0.6 is 23.2 Å². The van der Waals surface area contributed by atoms with Crippen LogP contribution in [0.25, 0.3) is 11.1 Å². The molecule has 3 N–H and O–H groups in total. The van der Waals surface area contributed by atoms with Crippen molar-refractivity contribution in [1.29, 1.82) is 10.5 Å². The zero-order valence-electron chi connectivity index (χ0n) is 34.6. The molecule has 2 aromatic heterocycles. The van der Waals surface area contributed by atoms with Gasteiger partial charge in [0.15, 0.2) is 0 Å². The number of nitrogens with zero attached hydrogens (tertiary/aromatic N) is 4. The van der Waals surface area contributed by atoms with Crippen LogP contribution in [0.4, 0.5) is 0 Å². The fourth-order valence-corrected chi connectivity index (χ4v) is 7.47. The minimum Gasteiger partial charge on any atom is -0.488 e. The van der Waals surface area contributed by atoms with Crippen LogP contribution < -0.4 is 18.9 Å². The van der Waals surface area contributed by atoms with Crippen LogP contribution in [-0.2, 0) is 44.2 Å². The van der Waals surface area contributed by atoms with Gasteiger partial charge in [0.2, 0.25) is 0 Å². The second-order valence-electron chi connectivity index (χ2n) is 14.7. The predicted octanol–water partition coefficient (Wildman–Crippen LogP) is 9.63. The third kappa shape index (κ3) is 11.8. The van der Waals surface area contributed by atoms with E-state index in [0.29, 0.717) is 72.8 Å². The van der Waals surface area contributed by atoms with Crippen LogP contribution in [0.1, 0.15) is 68.5 Å². The molecule has 0 saturated heterocycles. The smallest absolute Gasteiger partial charge is 0.306 e. The number of nitriles is 2. The Balaban J connectivity index is 1.19. The molecule has 0 bridgehead atoms. The van der Waals surface area contributed by atoms with E-state index in [1.807, 2.05) is 50.2 Å². The van der Waals surface area contributed by atoms with E-state index in [2.05, 4.69) is 22.1 Å². The first kappa shape index (κ1) is 45.8. The SMILES string of the molecule is Cc1c(COc2cc(OCc3cncc(C#N)c3)c(CO)cc2Cl)cccc1-c1cccc(COc2cc(OCc3cncc(C#N)c3)c(CC[C@@H](CCO)C(=O)O)cc2Cl)c1C. The summed E-state index contributed by atoms with van der Waals surface area (Å²) in [6.07, 6.45) is 6.85. The van der Waals surface area contributed by atoms with Gasteiger partial charge in [-0.3, -0.25) is 14.8 Å². The summed E-state index contributed by atoms with van der Waals surface area (Å²) < 4.78 is 24.8. The molecular weight excluding hydrogens is 843 g/mol. The normalized spacial score (nSPS) is 11.3. The highest BCUT2D eigenvalue weighted by molar-refractivity contribution is 6.32. The molecule has 6 rings (SSSR count). The number of carboxylic acid groups (broad SMARTS) is 1. The number of carbonyl (C=O) groups is 1. The van der Waals surface area contributed by atoms with Crippen molar-refractivity contribution in [2.75, 3.05) is 6.61 Å².